The van der Waals surface area contributed by atoms with Crippen molar-refractivity contribution in [3.63, 3.8) is 0 Å². The van der Waals surface area contributed by atoms with E-state index < -0.39 is 11.5 Å². The number of hydrogen-bond acceptors (Lipinski definition) is 7. The molecule has 0 radical (unpaired) electrons. The normalized spacial score (nSPS) is 11.0. The van der Waals surface area contributed by atoms with Crippen LogP contribution in [-0.2, 0) is 11.2 Å². The molecular weight excluding hydrogens is 324 g/mol. The number of aromatic amines is 1. The summed E-state index contributed by atoms with van der Waals surface area (Å²) in [4.78, 5) is 22.7. The highest BCUT2D eigenvalue weighted by Crippen LogP contribution is 2.23. The van der Waals surface area contributed by atoms with Gasteiger partial charge in [0.25, 0.3) is 5.56 Å². The zero-order valence-corrected chi connectivity index (χ0v) is 12.4. The first-order chi connectivity index (χ1) is 10.9. The smallest absolute Gasteiger partial charge is 0.303 e. The Hall–Kier alpha value is -3.01. The van der Waals surface area contributed by atoms with Crippen LogP contribution in [0.25, 0.3) is 0 Å². The number of phenolic OH excluding ortho intramolecular Hbond substituents is 2. The Morgan fingerprint density at radius 3 is 2.78 bits per heavy atom. The van der Waals surface area contributed by atoms with E-state index in [1.165, 1.54) is 24.4 Å². The van der Waals surface area contributed by atoms with Gasteiger partial charge in [0.2, 0.25) is 4.77 Å². The van der Waals surface area contributed by atoms with Crippen molar-refractivity contribution >= 4 is 24.4 Å². The molecule has 9 nitrogen and oxygen atoms in total. The molecule has 0 aliphatic carbocycles. The van der Waals surface area contributed by atoms with Crippen molar-refractivity contribution < 1.29 is 20.1 Å². The van der Waals surface area contributed by atoms with Crippen LogP contribution in [0.4, 0.5) is 0 Å². The van der Waals surface area contributed by atoms with Gasteiger partial charge in [0.15, 0.2) is 11.5 Å². The highest BCUT2D eigenvalue weighted by atomic mass is 32.1. The molecule has 1 aromatic heterocycles. The molecule has 0 bridgehead atoms. The quantitative estimate of drug-likeness (QED) is 0.356. The third-order valence-electron chi connectivity index (χ3n) is 2.82. The number of benzene rings is 1. The lowest BCUT2D eigenvalue weighted by molar-refractivity contribution is -0.136. The number of aryl methyl sites for hydroxylation is 1. The molecule has 2 aromatic rings. The largest absolute Gasteiger partial charge is 0.504 e. The molecule has 0 saturated heterocycles. The van der Waals surface area contributed by atoms with E-state index in [-0.39, 0.29) is 34.8 Å². The summed E-state index contributed by atoms with van der Waals surface area (Å²) in [6.07, 6.45) is 0.948. The number of carboxylic acid groups (broad SMARTS) is 1. The van der Waals surface area contributed by atoms with Gasteiger partial charge >= 0.3 is 5.97 Å². The second-order valence-electron chi connectivity index (χ2n) is 4.48. The van der Waals surface area contributed by atoms with Gasteiger partial charge in [-0.3, -0.25) is 14.7 Å². The van der Waals surface area contributed by atoms with Gasteiger partial charge in [0, 0.05) is 6.42 Å². The monoisotopic (exact) mass is 336 g/mol. The fraction of sp³-hybridized carbons (Fsp3) is 0.154. The van der Waals surface area contributed by atoms with Crippen molar-refractivity contribution in [3.8, 4) is 11.5 Å². The van der Waals surface area contributed by atoms with Gasteiger partial charge in [-0.1, -0.05) is 0 Å². The average Bonchev–Trinajstić information content (AvgIpc) is 2.49. The molecule has 0 saturated carbocycles. The lowest BCUT2D eigenvalue weighted by Gasteiger charge is -2.02. The van der Waals surface area contributed by atoms with Crippen LogP contribution in [0.5, 0.6) is 11.5 Å². The van der Waals surface area contributed by atoms with Crippen LogP contribution in [-0.4, -0.2) is 42.4 Å². The number of H-pyrrole nitrogens is 1. The van der Waals surface area contributed by atoms with Crippen molar-refractivity contribution in [2.24, 2.45) is 5.10 Å². The van der Waals surface area contributed by atoms with E-state index in [9.17, 15) is 19.8 Å². The lowest BCUT2D eigenvalue weighted by Crippen LogP contribution is -2.25. The minimum Gasteiger partial charge on any atom is -0.504 e. The fourth-order valence-electron chi connectivity index (χ4n) is 1.66. The summed E-state index contributed by atoms with van der Waals surface area (Å²) < 4.78 is 0.803. The van der Waals surface area contributed by atoms with E-state index >= 15 is 0 Å². The number of phenols is 2. The number of aromatic hydroxyl groups is 2. The van der Waals surface area contributed by atoms with E-state index in [1.807, 2.05) is 0 Å². The lowest BCUT2D eigenvalue weighted by atomic mass is 10.2. The predicted octanol–water partition coefficient (Wildman–Crippen LogP) is 0.611. The number of carbonyl (C=O) groups is 1. The summed E-state index contributed by atoms with van der Waals surface area (Å²) in [7, 11) is 0. The van der Waals surface area contributed by atoms with Gasteiger partial charge in [-0.05, 0) is 36.0 Å². The number of hydrogen-bond donors (Lipinski definition) is 4. The molecule has 0 spiro atoms. The summed E-state index contributed by atoms with van der Waals surface area (Å²) >= 11 is 4.92. The minimum atomic E-state index is -1.05. The van der Waals surface area contributed by atoms with Crippen LogP contribution >= 0.6 is 12.2 Å². The highest BCUT2D eigenvalue weighted by molar-refractivity contribution is 7.71. The Bertz CT molecular complexity index is 887. The number of carboxylic acids is 1. The van der Waals surface area contributed by atoms with E-state index in [0.29, 0.717) is 5.56 Å². The maximum atomic E-state index is 12.2. The number of aliphatic carboxylic acids is 1. The van der Waals surface area contributed by atoms with Gasteiger partial charge in [-0.25, -0.2) is 0 Å². The van der Waals surface area contributed by atoms with Crippen LogP contribution in [0.1, 0.15) is 17.7 Å². The second kappa shape index (κ2) is 6.83. The third-order valence-corrected chi connectivity index (χ3v) is 3.08. The summed E-state index contributed by atoms with van der Waals surface area (Å²) in [5.74, 6) is -1.66. The highest BCUT2D eigenvalue weighted by Gasteiger charge is 2.09. The molecule has 1 aromatic carbocycles. The number of aromatic nitrogens is 3. The Morgan fingerprint density at radius 2 is 2.13 bits per heavy atom. The Kier molecular flexibility index (Phi) is 4.86. The van der Waals surface area contributed by atoms with E-state index in [4.69, 9.17) is 17.3 Å². The van der Waals surface area contributed by atoms with Gasteiger partial charge in [0.1, 0.15) is 5.69 Å². The van der Waals surface area contributed by atoms with Crippen LogP contribution in [0.3, 0.4) is 0 Å². The molecule has 0 aliphatic rings. The van der Waals surface area contributed by atoms with Crippen molar-refractivity contribution in [2.75, 3.05) is 0 Å². The molecule has 0 amide bonds. The van der Waals surface area contributed by atoms with E-state index in [1.54, 1.807) is 0 Å². The molecule has 0 fully saturated rings. The zero-order chi connectivity index (χ0) is 17.0. The van der Waals surface area contributed by atoms with Crippen LogP contribution in [0.2, 0.25) is 0 Å². The molecule has 1 heterocycles. The van der Waals surface area contributed by atoms with Crippen molar-refractivity contribution in [3.05, 3.63) is 44.6 Å². The molecule has 4 N–H and O–H groups in total. The maximum absolute atomic E-state index is 12.2. The van der Waals surface area contributed by atoms with Crippen molar-refractivity contribution in [1.82, 2.24) is 14.9 Å². The second-order valence-corrected chi connectivity index (χ2v) is 4.87. The first kappa shape index (κ1) is 16.4. The predicted molar refractivity (Wildman–Crippen MR) is 82.4 cm³/mol. The maximum Gasteiger partial charge on any atom is 0.303 e. The van der Waals surface area contributed by atoms with Gasteiger partial charge < -0.3 is 15.3 Å². The number of rotatable bonds is 5. The first-order valence-electron chi connectivity index (χ1n) is 6.37. The fourth-order valence-corrected chi connectivity index (χ4v) is 1.84. The average molecular weight is 336 g/mol. The molecule has 120 valence electrons. The third kappa shape index (κ3) is 4.01. The summed E-state index contributed by atoms with van der Waals surface area (Å²) in [5.41, 5.74) is -0.216. The minimum absolute atomic E-state index is 0.00768. The van der Waals surface area contributed by atoms with Gasteiger partial charge in [-0.2, -0.15) is 14.9 Å². The van der Waals surface area contributed by atoms with Crippen molar-refractivity contribution in [2.45, 2.75) is 12.8 Å². The first-order valence-corrected chi connectivity index (χ1v) is 6.78. The summed E-state index contributed by atoms with van der Waals surface area (Å²) in [5, 5.41) is 37.3. The van der Waals surface area contributed by atoms with E-state index in [2.05, 4.69) is 15.3 Å². The topological polar surface area (TPSA) is 141 Å². The SMILES string of the molecule is O=C(O)CCc1n[nH]c(=S)n(/N=C\c2ccc(O)c(O)c2)c1=O. The Balaban J connectivity index is 2.35. The molecule has 0 aliphatic heterocycles. The summed E-state index contributed by atoms with van der Waals surface area (Å²) in [6.45, 7) is 0. The number of nitrogens with one attached hydrogen (secondary N) is 1. The van der Waals surface area contributed by atoms with E-state index in [0.717, 1.165) is 4.68 Å². The zero-order valence-electron chi connectivity index (χ0n) is 11.6. The van der Waals surface area contributed by atoms with Gasteiger partial charge in [-0.15, -0.1) is 0 Å². The van der Waals surface area contributed by atoms with Crippen molar-refractivity contribution in [1.29, 1.82) is 0 Å². The Labute approximate surface area is 134 Å². The number of nitrogens with zero attached hydrogens (tertiary/aromatic N) is 3. The summed E-state index contributed by atoms with van der Waals surface area (Å²) in [6, 6.07) is 4.00. The molecule has 0 unspecified atom stereocenters. The molecular formula is C13H12N4O5S. The van der Waals surface area contributed by atoms with Crippen LogP contribution in [0, 0.1) is 4.77 Å². The van der Waals surface area contributed by atoms with Crippen LogP contribution in [0.15, 0.2) is 28.1 Å². The molecule has 0 atom stereocenters. The van der Waals surface area contributed by atoms with Crippen LogP contribution < -0.4 is 5.56 Å². The molecule has 2 rings (SSSR count). The molecule has 23 heavy (non-hydrogen) atoms. The Morgan fingerprint density at radius 1 is 1.39 bits per heavy atom. The molecule has 10 heteroatoms. The van der Waals surface area contributed by atoms with Gasteiger partial charge in [0.05, 0.1) is 12.6 Å². The standard InChI is InChI=1S/C13H12N4O5S/c18-9-3-1-7(5-10(9)19)6-14-17-12(22)8(2-4-11(20)21)15-16-13(17)23/h1,3,5-6,18-19H,2,4H2,(H,16,23)(H,20,21)/b14-6-.